The third kappa shape index (κ3) is 3.98. The van der Waals surface area contributed by atoms with E-state index in [1.54, 1.807) is 15.8 Å². The predicted molar refractivity (Wildman–Crippen MR) is 110 cm³/mol. The number of carbonyl (C=O) groups excluding carboxylic acids is 1. The van der Waals surface area contributed by atoms with Gasteiger partial charge in [0, 0.05) is 36.5 Å². The van der Waals surface area contributed by atoms with E-state index in [1.165, 1.54) is 11.8 Å². The van der Waals surface area contributed by atoms with E-state index in [9.17, 15) is 14.7 Å². The van der Waals surface area contributed by atoms with Crippen LogP contribution >= 0.6 is 0 Å². The van der Waals surface area contributed by atoms with Gasteiger partial charge in [-0.05, 0) is 50.5 Å². The second-order valence-corrected chi connectivity index (χ2v) is 7.76. The Hall–Kier alpha value is -2.87. The smallest absolute Gasteiger partial charge is 0.408 e. The van der Waals surface area contributed by atoms with Gasteiger partial charge in [0.2, 0.25) is 5.91 Å². The molecule has 2 atom stereocenters. The Balaban J connectivity index is 2.12. The number of nitrogens with zero attached hydrogens (tertiary/aromatic N) is 4. The van der Waals surface area contributed by atoms with Crippen LogP contribution in [-0.4, -0.2) is 55.6 Å². The highest BCUT2D eigenvalue weighted by atomic mass is 16.4. The molecule has 156 valence electrons. The molecule has 0 fully saturated rings. The molecule has 29 heavy (non-hydrogen) atoms. The summed E-state index contributed by atoms with van der Waals surface area (Å²) in [6.07, 6.45) is 3.13. The van der Waals surface area contributed by atoms with Gasteiger partial charge < -0.3 is 15.1 Å². The number of amides is 2. The molecule has 0 bridgehead atoms. The number of aliphatic hydroxyl groups excluding tert-OH is 1. The van der Waals surface area contributed by atoms with Gasteiger partial charge in [-0.25, -0.2) is 4.79 Å². The van der Waals surface area contributed by atoms with Crippen LogP contribution in [0.15, 0.2) is 30.6 Å². The first-order valence-corrected chi connectivity index (χ1v) is 9.83. The third-order valence-corrected chi connectivity index (χ3v) is 5.40. The maximum absolute atomic E-state index is 12.3. The van der Waals surface area contributed by atoms with Crippen molar-refractivity contribution in [2.45, 2.75) is 58.8 Å². The number of benzene rings is 1. The fourth-order valence-corrected chi connectivity index (χ4v) is 4.21. The monoisotopic (exact) mass is 400 g/mol. The highest BCUT2D eigenvalue weighted by molar-refractivity contribution is 5.94. The van der Waals surface area contributed by atoms with E-state index in [0.717, 1.165) is 22.4 Å². The summed E-state index contributed by atoms with van der Waals surface area (Å²) in [6, 6.07) is 5.12. The molecule has 0 spiro atoms. The number of anilines is 1. The number of hydrogen-bond acceptors (Lipinski definition) is 4. The van der Waals surface area contributed by atoms with E-state index >= 15 is 0 Å². The van der Waals surface area contributed by atoms with Gasteiger partial charge in [-0.3, -0.25) is 14.4 Å². The van der Waals surface area contributed by atoms with Crippen molar-refractivity contribution >= 4 is 17.7 Å². The lowest BCUT2D eigenvalue weighted by Crippen LogP contribution is -2.48. The second-order valence-electron chi connectivity index (χ2n) is 7.76. The Kier molecular flexibility index (Phi) is 5.93. The van der Waals surface area contributed by atoms with Crippen molar-refractivity contribution in [2.75, 3.05) is 11.5 Å². The van der Waals surface area contributed by atoms with E-state index in [0.29, 0.717) is 13.0 Å². The molecule has 0 radical (unpaired) electrons. The molecule has 2 amide bonds. The maximum atomic E-state index is 12.3. The van der Waals surface area contributed by atoms with Crippen LogP contribution in [0, 0.1) is 0 Å². The number of aromatic nitrogens is 2. The van der Waals surface area contributed by atoms with E-state index in [2.05, 4.69) is 5.10 Å². The Labute approximate surface area is 170 Å². The highest BCUT2D eigenvalue weighted by Crippen LogP contribution is 2.43. The van der Waals surface area contributed by atoms with E-state index in [4.69, 9.17) is 5.11 Å². The molecule has 0 unspecified atom stereocenters. The predicted octanol–water partition coefficient (Wildman–Crippen LogP) is 3.12. The summed E-state index contributed by atoms with van der Waals surface area (Å²) in [6.45, 7) is 7.61. The van der Waals surface area contributed by atoms with E-state index in [-0.39, 0.29) is 30.6 Å². The van der Waals surface area contributed by atoms with Crippen LogP contribution in [-0.2, 0) is 11.3 Å². The number of rotatable bonds is 5. The van der Waals surface area contributed by atoms with Crippen LogP contribution in [0.5, 0.6) is 0 Å². The molecule has 1 aliphatic heterocycles. The molecule has 8 heteroatoms. The van der Waals surface area contributed by atoms with Gasteiger partial charge in [-0.15, -0.1) is 0 Å². The maximum Gasteiger partial charge on any atom is 0.408 e. The highest BCUT2D eigenvalue weighted by Gasteiger charge is 2.38. The lowest BCUT2D eigenvalue weighted by molar-refractivity contribution is -0.117. The van der Waals surface area contributed by atoms with Crippen molar-refractivity contribution in [2.24, 2.45) is 0 Å². The summed E-state index contributed by atoms with van der Waals surface area (Å²) in [5, 5.41) is 23.2. The lowest BCUT2D eigenvalue weighted by atomic mass is 9.88. The molecule has 8 nitrogen and oxygen atoms in total. The van der Waals surface area contributed by atoms with Gasteiger partial charge in [0.1, 0.15) is 0 Å². The van der Waals surface area contributed by atoms with Gasteiger partial charge >= 0.3 is 6.09 Å². The molecule has 1 aromatic heterocycles. The standard InChI is InChI=1S/C21H28N4O4/c1-13(2)24(21(28)29)20-9-14(3)25(15(4)27)19-6-5-16(10-18(19)20)17-11-22-23(12-17)7-8-26/h5-6,10-14,20,26H,7-9H2,1-4H3,(H,28,29)/t14-,20+/m0/s1. The van der Waals surface area contributed by atoms with Crippen molar-refractivity contribution in [1.29, 1.82) is 0 Å². The Morgan fingerprint density at radius 1 is 1.31 bits per heavy atom. The van der Waals surface area contributed by atoms with E-state index < -0.39 is 6.09 Å². The molecule has 1 aliphatic rings. The van der Waals surface area contributed by atoms with Crippen LogP contribution in [0.25, 0.3) is 11.1 Å². The molecule has 0 saturated heterocycles. The van der Waals surface area contributed by atoms with Crippen LogP contribution in [0.3, 0.4) is 0 Å². The normalized spacial score (nSPS) is 18.6. The number of fused-ring (bicyclic) bond motifs is 1. The number of hydrogen-bond donors (Lipinski definition) is 2. The molecule has 0 aliphatic carbocycles. The van der Waals surface area contributed by atoms with Gasteiger partial charge in [-0.1, -0.05) is 6.07 Å². The average molecular weight is 400 g/mol. The summed E-state index contributed by atoms with van der Waals surface area (Å²) in [7, 11) is 0. The number of aliphatic hydroxyl groups is 1. The summed E-state index contributed by atoms with van der Waals surface area (Å²) in [5.74, 6) is -0.0628. The topological polar surface area (TPSA) is 98.9 Å². The van der Waals surface area contributed by atoms with Crippen molar-refractivity contribution in [1.82, 2.24) is 14.7 Å². The van der Waals surface area contributed by atoms with Crippen LogP contribution in [0.2, 0.25) is 0 Å². The van der Waals surface area contributed by atoms with Crippen LogP contribution in [0.4, 0.5) is 10.5 Å². The molecule has 2 aromatic rings. The SMILES string of the molecule is CC(=O)N1c2ccc(-c3cnn(CCO)c3)cc2[C@H](N(C(=O)O)C(C)C)C[C@@H]1C. The van der Waals surface area contributed by atoms with Crippen LogP contribution < -0.4 is 4.90 Å². The van der Waals surface area contributed by atoms with E-state index in [1.807, 2.05) is 45.2 Å². The van der Waals surface area contributed by atoms with Crippen molar-refractivity contribution < 1.29 is 19.8 Å². The average Bonchev–Trinajstić information content (AvgIpc) is 3.09. The third-order valence-electron chi connectivity index (χ3n) is 5.40. The van der Waals surface area contributed by atoms with Gasteiger partial charge in [-0.2, -0.15) is 5.10 Å². The number of carboxylic acid groups (broad SMARTS) is 1. The molecule has 3 rings (SSSR count). The first-order valence-electron chi connectivity index (χ1n) is 9.83. The molecular formula is C21H28N4O4. The zero-order chi connectivity index (χ0) is 21.3. The largest absolute Gasteiger partial charge is 0.465 e. The minimum atomic E-state index is -0.972. The van der Waals surface area contributed by atoms with Gasteiger partial charge in [0.25, 0.3) is 0 Å². The minimum Gasteiger partial charge on any atom is -0.465 e. The first-order chi connectivity index (χ1) is 13.7. The molecular weight excluding hydrogens is 372 g/mol. The fraction of sp³-hybridized carbons (Fsp3) is 0.476. The zero-order valence-electron chi connectivity index (χ0n) is 17.2. The van der Waals surface area contributed by atoms with Crippen molar-refractivity contribution in [3.63, 3.8) is 0 Å². The Bertz CT molecular complexity index is 908. The molecule has 0 saturated carbocycles. The summed E-state index contributed by atoms with van der Waals surface area (Å²) in [5.41, 5.74) is 3.34. The summed E-state index contributed by atoms with van der Waals surface area (Å²) < 4.78 is 1.66. The second kappa shape index (κ2) is 8.24. The van der Waals surface area contributed by atoms with Crippen molar-refractivity contribution in [3.05, 3.63) is 36.2 Å². The lowest BCUT2D eigenvalue weighted by Gasteiger charge is -2.43. The first kappa shape index (κ1) is 20.9. The Morgan fingerprint density at radius 2 is 2.03 bits per heavy atom. The minimum absolute atomic E-state index is 0.000796. The number of carbonyl (C=O) groups is 2. The molecule has 2 N–H and O–H groups in total. The fourth-order valence-electron chi connectivity index (χ4n) is 4.21. The molecule has 1 aromatic carbocycles. The summed E-state index contributed by atoms with van der Waals surface area (Å²) >= 11 is 0. The summed E-state index contributed by atoms with van der Waals surface area (Å²) in [4.78, 5) is 27.5. The quantitative estimate of drug-likeness (QED) is 0.803. The molecule has 2 heterocycles. The van der Waals surface area contributed by atoms with Gasteiger partial charge in [0.05, 0.1) is 25.4 Å². The zero-order valence-corrected chi connectivity index (χ0v) is 17.2. The Morgan fingerprint density at radius 3 is 2.62 bits per heavy atom. The van der Waals surface area contributed by atoms with Crippen LogP contribution in [0.1, 0.15) is 45.7 Å². The van der Waals surface area contributed by atoms with Crippen molar-refractivity contribution in [3.8, 4) is 11.1 Å². The van der Waals surface area contributed by atoms with Gasteiger partial charge in [0.15, 0.2) is 0 Å².